The SMILES string of the molecule is CCC(CC)(COc1cccc(C)c1C)CS(=O)(=O)Cl. The van der Waals surface area contributed by atoms with Gasteiger partial charge in [0.25, 0.3) is 0 Å². The Hall–Kier alpha value is -0.740. The predicted molar refractivity (Wildman–Crippen MR) is 84.1 cm³/mol. The molecule has 0 aliphatic heterocycles. The standard InChI is InChI=1S/C15H23ClO3S/c1-5-15(6-2,11-20(16,17)18)10-19-14-9-7-8-12(3)13(14)4/h7-9H,5-6,10-11H2,1-4H3. The molecule has 0 saturated heterocycles. The summed E-state index contributed by atoms with van der Waals surface area (Å²) >= 11 is 0. The number of aryl methyl sites for hydroxylation is 1. The summed E-state index contributed by atoms with van der Waals surface area (Å²) in [6.45, 7) is 8.33. The maximum Gasteiger partial charge on any atom is 0.233 e. The second-order valence-corrected chi connectivity index (χ2v) is 8.15. The summed E-state index contributed by atoms with van der Waals surface area (Å²) in [5.74, 6) is 0.752. The van der Waals surface area contributed by atoms with Crippen molar-refractivity contribution >= 4 is 19.7 Å². The Morgan fingerprint density at radius 1 is 1.20 bits per heavy atom. The van der Waals surface area contributed by atoms with Crippen LogP contribution in [0.4, 0.5) is 0 Å². The second kappa shape index (κ2) is 6.81. The average Bonchev–Trinajstić information content (AvgIpc) is 2.37. The Kier molecular flexibility index (Phi) is 5.90. The molecule has 114 valence electrons. The lowest BCUT2D eigenvalue weighted by atomic mass is 9.85. The van der Waals surface area contributed by atoms with Gasteiger partial charge in [-0.3, -0.25) is 0 Å². The van der Waals surface area contributed by atoms with Crippen LogP contribution in [-0.4, -0.2) is 20.8 Å². The van der Waals surface area contributed by atoms with Crippen molar-refractivity contribution in [1.82, 2.24) is 0 Å². The first kappa shape index (κ1) is 17.3. The summed E-state index contributed by atoms with van der Waals surface area (Å²) < 4.78 is 28.7. The highest BCUT2D eigenvalue weighted by Crippen LogP contribution is 2.31. The van der Waals surface area contributed by atoms with Crippen molar-refractivity contribution in [3.05, 3.63) is 29.3 Å². The molecule has 0 radical (unpaired) electrons. The first-order valence-corrected chi connectivity index (χ1v) is 9.32. The zero-order valence-electron chi connectivity index (χ0n) is 12.6. The van der Waals surface area contributed by atoms with E-state index in [1.807, 2.05) is 45.9 Å². The number of hydrogen-bond acceptors (Lipinski definition) is 3. The molecule has 0 aliphatic carbocycles. The Labute approximate surface area is 126 Å². The van der Waals surface area contributed by atoms with Crippen molar-refractivity contribution < 1.29 is 13.2 Å². The van der Waals surface area contributed by atoms with Gasteiger partial charge in [0, 0.05) is 16.1 Å². The van der Waals surface area contributed by atoms with Gasteiger partial charge >= 0.3 is 0 Å². The summed E-state index contributed by atoms with van der Waals surface area (Å²) in [6, 6.07) is 5.88. The molecule has 0 atom stereocenters. The summed E-state index contributed by atoms with van der Waals surface area (Å²) in [6.07, 6.45) is 1.42. The lowest BCUT2D eigenvalue weighted by Crippen LogP contribution is -2.33. The van der Waals surface area contributed by atoms with Gasteiger partial charge in [0.1, 0.15) is 5.75 Å². The van der Waals surface area contributed by atoms with E-state index in [-0.39, 0.29) is 5.75 Å². The van der Waals surface area contributed by atoms with Crippen LogP contribution in [0.5, 0.6) is 5.75 Å². The lowest BCUT2D eigenvalue weighted by Gasteiger charge is -2.30. The minimum absolute atomic E-state index is 0.0561. The molecule has 0 saturated carbocycles. The minimum atomic E-state index is -3.54. The molecule has 1 aromatic rings. The van der Waals surface area contributed by atoms with E-state index in [1.54, 1.807) is 0 Å². The number of hydrogen-bond donors (Lipinski definition) is 0. The lowest BCUT2D eigenvalue weighted by molar-refractivity contribution is 0.154. The molecular weight excluding hydrogens is 296 g/mol. The first-order valence-electron chi connectivity index (χ1n) is 6.84. The van der Waals surface area contributed by atoms with Crippen molar-refractivity contribution in [2.75, 3.05) is 12.4 Å². The fourth-order valence-electron chi connectivity index (χ4n) is 2.18. The molecule has 0 heterocycles. The number of rotatable bonds is 7. The summed E-state index contributed by atoms with van der Waals surface area (Å²) in [5.41, 5.74) is 1.81. The van der Waals surface area contributed by atoms with Crippen LogP contribution in [0, 0.1) is 19.3 Å². The molecule has 0 spiro atoms. The highest BCUT2D eigenvalue weighted by molar-refractivity contribution is 8.13. The van der Waals surface area contributed by atoms with Crippen molar-refractivity contribution in [3.8, 4) is 5.75 Å². The maximum absolute atomic E-state index is 11.4. The third-order valence-electron chi connectivity index (χ3n) is 4.07. The zero-order chi connectivity index (χ0) is 15.4. The predicted octanol–water partition coefficient (Wildman–Crippen LogP) is 4.06. The first-order chi connectivity index (χ1) is 9.23. The molecule has 0 aliphatic rings. The summed E-state index contributed by atoms with van der Waals surface area (Å²) in [7, 11) is 1.89. The summed E-state index contributed by atoms with van der Waals surface area (Å²) in [5, 5.41) is 0. The van der Waals surface area contributed by atoms with Crippen LogP contribution in [0.15, 0.2) is 18.2 Å². The monoisotopic (exact) mass is 318 g/mol. The number of halogens is 1. The van der Waals surface area contributed by atoms with Gasteiger partial charge in [0.15, 0.2) is 0 Å². The average molecular weight is 319 g/mol. The molecule has 3 nitrogen and oxygen atoms in total. The Bertz CT molecular complexity index is 548. The smallest absolute Gasteiger partial charge is 0.233 e. The molecule has 0 fully saturated rings. The van der Waals surface area contributed by atoms with E-state index in [4.69, 9.17) is 15.4 Å². The summed E-state index contributed by atoms with van der Waals surface area (Å²) in [4.78, 5) is 0. The van der Waals surface area contributed by atoms with Gasteiger partial charge in [-0.25, -0.2) is 8.42 Å². The minimum Gasteiger partial charge on any atom is -0.493 e. The molecule has 5 heteroatoms. The van der Waals surface area contributed by atoms with Crippen LogP contribution in [0.2, 0.25) is 0 Å². The third-order valence-corrected chi connectivity index (χ3v) is 5.35. The fourth-order valence-corrected chi connectivity index (χ4v) is 4.09. The van der Waals surface area contributed by atoms with Crippen molar-refractivity contribution in [2.24, 2.45) is 5.41 Å². The van der Waals surface area contributed by atoms with Gasteiger partial charge in [-0.2, -0.15) is 0 Å². The molecule has 0 unspecified atom stereocenters. The van der Waals surface area contributed by atoms with E-state index in [9.17, 15) is 8.42 Å². The van der Waals surface area contributed by atoms with Crippen LogP contribution in [-0.2, 0) is 9.05 Å². The van der Waals surface area contributed by atoms with E-state index < -0.39 is 14.5 Å². The van der Waals surface area contributed by atoms with Crippen LogP contribution < -0.4 is 4.74 Å². The van der Waals surface area contributed by atoms with Gasteiger partial charge in [-0.1, -0.05) is 26.0 Å². The van der Waals surface area contributed by atoms with Gasteiger partial charge < -0.3 is 4.74 Å². The van der Waals surface area contributed by atoms with Crippen LogP contribution in [0.3, 0.4) is 0 Å². The van der Waals surface area contributed by atoms with Gasteiger partial charge in [-0.15, -0.1) is 0 Å². The largest absolute Gasteiger partial charge is 0.493 e. The molecule has 0 amide bonds. The van der Waals surface area contributed by atoms with Crippen molar-refractivity contribution in [2.45, 2.75) is 40.5 Å². The number of benzene rings is 1. The van der Waals surface area contributed by atoms with E-state index in [0.29, 0.717) is 19.4 Å². The molecule has 0 aromatic heterocycles. The van der Waals surface area contributed by atoms with Crippen molar-refractivity contribution in [1.29, 1.82) is 0 Å². The third kappa shape index (κ3) is 4.67. The van der Waals surface area contributed by atoms with Gasteiger partial charge in [0.05, 0.1) is 12.4 Å². The highest BCUT2D eigenvalue weighted by Gasteiger charge is 2.32. The number of ether oxygens (including phenoxy) is 1. The van der Waals surface area contributed by atoms with Crippen LogP contribution in [0.1, 0.15) is 37.8 Å². The zero-order valence-corrected chi connectivity index (χ0v) is 14.1. The van der Waals surface area contributed by atoms with Gasteiger partial charge in [0.2, 0.25) is 9.05 Å². The van der Waals surface area contributed by atoms with Crippen molar-refractivity contribution in [3.63, 3.8) is 0 Å². The van der Waals surface area contributed by atoms with E-state index in [0.717, 1.165) is 16.9 Å². The molecule has 20 heavy (non-hydrogen) atoms. The van der Waals surface area contributed by atoms with Crippen LogP contribution in [0.25, 0.3) is 0 Å². The van der Waals surface area contributed by atoms with Crippen LogP contribution >= 0.6 is 10.7 Å². The second-order valence-electron chi connectivity index (χ2n) is 5.38. The van der Waals surface area contributed by atoms with Gasteiger partial charge in [-0.05, 0) is 43.9 Å². The normalized spacial score (nSPS) is 12.4. The molecule has 0 N–H and O–H groups in total. The molecule has 1 rings (SSSR count). The Morgan fingerprint density at radius 3 is 2.30 bits per heavy atom. The molecule has 0 bridgehead atoms. The highest BCUT2D eigenvalue weighted by atomic mass is 35.7. The molecular formula is C15H23ClO3S. The van der Waals surface area contributed by atoms with E-state index >= 15 is 0 Å². The molecule has 1 aromatic carbocycles. The fraction of sp³-hybridized carbons (Fsp3) is 0.600. The Morgan fingerprint density at radius 2 is 1.80 bits per heavy atom. The van der Waals surface area contributed by atoms with E-state index in [1.165, 1.54) is 0 Å². The quantitative estimate of drug-likeness (QED) is 0.712. The van der Waals surface area contributed by atoms with E-state index in [2.05, 4.69) is 0 Å². The Balaban J connectivity index is 2.90. The maximum atomic E-state index is 11.4. The topological polar surface area (TPSA) is 43.4 Å².